The summed E-state index contributed by atoms with van der Waals surface area (Å²) in [6.07, 6.45) is -15.8. The minimum absolute atomic E-state index is 0.755. The first-order valence-electron chi connectivity index (χ1n) is 11.6. The van der Waals surface area contributed by atoms with Crippen molar-refractivity contribution in [2.75, 3.05) is 13.0 Å². The van der Waals surface area contributed by atoms with Crippen molar-refractivity contribution < 1.29 is 23.3 Å². The van der Waals surface area contributed by atoms with E-state index < -0.39 is 62.7 Å². The summed E-state index contributed by atoms with van der Waals surface area (Å²) in [6, 6.07) is 0.875. The van der Waals surface area contributed by atoms with E-state index in [0.717, 1.165) is 6.07 Å². The Hall–Kier alpha value is -0.550. The number of hydrogen-bond acceptors (Lipinski definition) is 2. The Bertz CT molecular complexity index is 674. The van der Waals surface area contributed by atoms with Gasteiger partial charge in [0, 0.05) is 23.3 Å². The predicted molar refractivity (Wildman–Crippen MR) is 49.7 cm³/mol. The third-order valence-corrected chi connectivity index (χ3v) is 1.28. The molecule has 1 heterocycles. The van der Waals surface area contributed by atoms with E-state index in [1.165, 1.54) is 0 Å². The summed E-state index contributed by atoms with van der Waals surface area (Å²) >= 11 is 0. The molecule has 1 aliphatic heterocycles. The molecule has 1 fully saturated rings. The van der Waals surface area contributed by atoms with E-state index in [1.54, 1.807) is 0 Å². The maximum absolute atomic E-state index is 9.76. The number of nitriles is 1. The van der Waals surface area contributed by atoms with Crippen LogP contribution >= 0.6 is 0 Å². The second-order valence-electron chi connectivity index (χ2n) is 1.90. The molecular formula is C10H18N2. The fraction of sp³-hybridized carbons (Fsp3) is 0.900. The van der Waals surface area contributed by atoms with Crippen LogP contribution in [0.3, 0.4) is 0 Å². The van der Waals surface area contributed by atoms with Gasteiger partial charge in [-0.05, 0) is 38.5 Å². The van der Waals surface area contributed by atoms with Crippen LogP contribution in [0.15, 0.2) is 0 Å². The fourth-order valence-corrected chi connectivity index (χ4v) is 0.630. The van der Waals surface area contributed by atoms with Crippen molar-refractivity contribution in [1.82, 2.24) is 4.90 Å². The maximum atomic E-state index is 9.76. The van der Waals surface area contributed by atoms with Crippen LogP contribution in [0, 0.1) is 11.3 Å². The minimum atomic E-state index is -4.18. The molecule has 12 heavy (non-hydrogen) atoms. The largest absolute Gasteiger partial charge is 0.286 e. The topological polar surface area (TPSA) is 27.0 Å². The van der Waals surface area contributed by atoms with Gasteiger partial charge in [0.2, 0.25) is 0 Å². The molecule has 0 aromatic carbocycles. The maximum Gasteiger partial charge on any atom is 0.108 e. The van der Waals surface area contributed by atoms with E-state index in [-0.39, 0.29) is 0 Å². The van der Waals surface area contributed by atoms with Crippen LogP contribution in [0.2, 0.25) is 0 Å². The molecule has 0 N–H and O–H groups in total. The number of nitrogens with zero attached hydrogens (tertiary/aromatic N) is 2. The van der Waals surface area contributed by atoms with Gasteiger partial charge >= 0.3 is 0 Å². The second kappa shape index (κ2) is 3.91. The molecule has 0 saturated carbocycles. The van der Waals surface area contributed by atoms with Gasteiger partial charge in [-0.15, -0.1) is 0 Å². The molecule has 1 atom stereocenters. The average Bonchev–Trinajstić information content (AvgIpc) is 2.55. The lowest BCUT2D eigenvalue weighted by Gasteiger charge is -2.34. The summed E-state index contributed by atoms with van der Waals surface area (Å²) in [6.45, 7) is -14.8. The van der Waals surface area contributed by atoms with Crippen LogP contribution in [0.1, 0.15) is 62.5 Å². The summed E-state index contributed by atoms with van der Waals surface area (Å²) in [4.78, 5) is -0.755. The molecule has 1 aliphatic rings. The summed E-state index contributed by atoms with van der Waals surface area (Å²) < 4.78 is 132. The highest BCUT2D eigenvalue weighted by molar-refractivity contribution is 5.07. The third kappa shape index (κ3) is 1.47. The van der Waals surface area contributed by atoms with Crippen LogP contribution in [-0.2, 0) is 0 Å². The van der Waals surface area contributed by atoms with Crippen LogP contribution in [-0.4, -0.2) is 23.4 Å². The fourth-order valence-electron chi connectivity index (χ4n) is 0.630. The van der Waals surface area contributed by atoms with Gasteiger partial charge < -0.3 is 0 Å². The van der Waals surface area contributed by atoms with Gasteiger partial charge in [-0.1, -0.05) is 13.7 Å². The SMILES string of the molecule is [2H]C([2H])C([2H])([2H])C(C#N)(N1C([2H])([2H])C([2H])([2H])C([2H])([2H])C1([2H])[2H])C([2H])([2H])C([2H])([2H])[2H]. The molecule has 0 bridgehead atoms. The summed E-state index contributed by atoms with van der Waals surface area (Å²) in [5, 5.41) is 9.76. The van der Waals surface area contributed by atoms with E-state index in [0.29, 0.717) is 0 Å². The van der Waals surface area contributed by atoms with Crippen molar-refractivity contribution in [1.29, 1.82) is 5.26 Å². The molecule has 2 heteroatoms. The molecule has 0 radical (unpaired) electrons. The molecule has 1 saturated heterocycles. The van der Waals surface area contributed by atoms with Crippen molar-refractivity contribution >= 4 is 0 Å². The molecule has 0 amide bonds. The zero-order valence-electron chi connectivity index (χ0n) is 23.0. The van der Waals surface area contributed by atoms with Crippen LogP contribution in [0.25, 0.3) is 0 Å². The van der Waals surface area contributed by atoms with Crippen molar-refractivity contribution in [3.8, 4) is 6.07 Å². The Labute approximate surface area is 99.1 Å². The molecule has 1 unspecified atom stereocenters. The van der Waals surface area contributed by atoms with Crippen molar-refractivity contribution in [3.63, 3.8) is 0 Å². The Morgan fingerprint density at radius 1 is 1.67 bits per heavy atom. The average molecular weight is 183 g/mol. The monoisotopic (exact) mass is 183 g/mol. The summed E-state index contributed by atoms with van der Waals surface area (Å²) in [5.74, 6) is 0. The molecule has 2 nitrogen and oxygen atoms in total. The second-order valence-corrected chi connectivity index (χ2v) is 1.90. The van der Waals surface area contributed by atoms with Gasteiger partial charge in [0.15, 0.2) is 0 Å². The molecular weight excluding hydrogens is 148 g/mol. The van der Waals surface area contributed by atoms with E-state index in [9.17, 15) is 5.26 Å². The van der Waals surface area contributed by atoms with E-state index in [2.05, 4.69) is 0 Å². The minimum Gasteiger partial charge on any atom is -0.286 e. The Morgan fingerprint density at radius 3 is 2.92 bits per heavy atom. The van der Waals surface area contributed by atoms with Gasteiger partial charge in [0.1, 0.15) is 5.54 Å². The van der Waals surface area contributed by atoms with Gasteiger partial charge in [0.25, 0.3) is 0 Å². The lowest BCUT2D eigenvalue weighted by atomic mass is 9.93. The van der Waals surface area contributed by atoms with Gasteiger partial charge in [-0.3, -0.25) is 4.90 Å². The van der Waals surface area contributed by atoms with Crippen molar-refractivity contribution in [2.24, 2.45) is 0 Å². The normalized spacial score (nSPS) is 64.8. The smallest absolute Gasteiger partial charge is 0.108 e. The highest BCUT2D eigenvalue weighted by Crippen LogP contribution is 2.26. The first-order chi connectivity index (χ1) is 12.4. The third-order valence-electron chi connectivity index (χ3n) is 1.28. The Kier molecular flexibility index (Phi) is 0.503. The highest BCUT2D eigenvalue weighted by atomic mass is 15.2. The first kappa shape index (κ1) is 1.54. The molecule has 0 aromatic heterocycles. The molecule has 68 valence electrons. The number of rotatable bonds is 3. The molecule has 0 spiro atoms. The first-order valence-corrected chi connectivity index (χ1v) is 2.93. The Morgan fingerprint density at radius 2 is 2.42 bits per heavy atom. The van der Waals surface area contributed by atoms with Crippen molar-refractivity contribution in [2.45, 2.75) is 44.8 Å². The zero-order chi connectivity index (χ0) is 23.9. The van der Waals surface area contributed by atoms with Crippen LogP contribution in [0.4, 0.5) is 0 Å². The Balaban J connectivity index is 4.29. The standard InChI is InChI=1S/C10H18N2/c1-3-10(4-2,9-11)12-7-5-6-8-12/h3-8H2,1-2H3/i1D2,2D3,3D2,4D2,5D2,6D2,7D2,8D2. The van der Waals surface area contributed by atoms with E-state index in [4.69, 9.17) is 23.3 Å². The van der Waals surface area contributed by atoms with Crippen LogP contribution < -0.4 is 0 Å². The molecule has 1 rings (SSSR count). The van der Waals surface area contributed by atoms with Gasteiger partial charge in [0.05, 0.1) is 6.07 Å². The van der Waals surface area contributed by atoms with E-state index >= 15 is 0 Å². The summed E-state index contributed by atoms with van der Waals surface area (Å²) in [5.41, 5.74) is -4.16. The van der Waals surface area contributed by atoms with Crippen molar-refractivity contribution in [3.05, 3.63) is 0 Å². The quantitative estimate of drug-likeness (QED) is 0.670. The van der Waals surface area contributed by atoms with E-state index in [1.807, 2.05) is 0 Å². The summed E-state index contributed by atoms with van der Waals surface area (Å²) in [7, 11) is 0. The number of hydrogen-bond donors (Lipinski definition) is 0. The van der Waals surface area contributed by atoms with Gasteiger partial charge in [-0.25, -0.2) is 0 Å². The molecule has 0 aliphatic carbocycles. The highest BCUT2D eigenvalue weighted by Gasteiger charge is 2.34. The van der Waals surface area contributed by atoms with Crippen LogP contribution in [0.5, 0.6) is 0 Å². The van der Waals surface area contributed by atoms with Gasteiger partial charge in [-0.2, -0.15) is 5.26 Å². The zero-order valence-corrected chi connectivity index (χ0v) is 5.97. The number of likely N-dealkylation sites (tertiary alicyclic amines) is 1. The lowest BCUT2D eigenvalue weighted by molar-refractivity contribution is 0.162. The molecule has 0 aromatic rings. The predicted octanol–water partition coefficient (Wildman–Crippen LogP) is 2.16. The lowest BCUT2D eigenvalue weighted by Crippen LogP contribution is -2.44.